The third-order valence-electron chi connectivity index (χ3n) is 3.23. The Morgan fingerprint density at radius 1 is 1.12 bits per heavy atom. The number of alkyl halides is 3. The van der Waals surface area contributed by atoms with Crippen LogP contribution < -0.4 is 15.8 Å². The van der Waals surface area contributed by atoms with Gasteiger partial charge in [-0.3, -0.25) is 0 Å². The van der Waals surface area contributed by atoms with E-state index in [-0.39, 0.29) is 18.3 Å². The number of rotatable bonds is 5. The lowest BCUT2D eigenvalue weighted by atomic mass is 10.1. The zero-order valence-corrected chi connectivity index (χ0v) is 14.0. The molecule has 2 aromatic carbocycles. The van der Waals surface area contributed by atoms with Gasteiger partial charge in [0, 0.05) is 5.69 Å². The predicted octanol–water partition coefficient (Wildman–Crippen LogP) is 4.17. The molecule has 0 spiro atoms. The molecule has 0 aliphatic carbocycles. The molecule has 0 aromatic heterocycles. The lowest BCUT2D eigenvalue weighted by Crippen LogP contribution is -2.22. The van der Waals surface area contributed by atoms with E-state index in [0.717, 1.165) is 16.8 Å². The Balaban J connectivity index is 1.98. The fraction of sp³-hybridized carbons (Fsp3) is 0.278. The van der Waals surface area contributed by atoms with Crippen LogP contribution in [-0.4, -0.2) is 18.7 Å². The van der Waals surface area contributed by atoms with Gasteiger partial charge in [-0.05, 0) is 54.8 Å². The summed E-state index contributed by atoms with van der Waals surface area (Å²) in [5.41, 5.74) is 9.60. The normalized spacial score (nSPS) is 12.1. The van der Waals surface area contributed by atoms with E-state index in [2.05, 4.69) is 10.3 Å². The van der Waals surface area contributed by atoms with Crippen molar-refractivity contribution in [3.8, 4) is 5.75 Å². The molecular formula is C18H20F3N3O. The first-order chi connectivity index (χ1) is 11.7. The zero-order chi connectivity index (χ0) is 18.4. The molecule has 134 valence electrons. The lowest BCUT2D eigenvalue weighted by Gasteiger charge is -2.10. The number of hydrogen-bond donors (Lipinski definition) is 2. The van der Waals surface area contributed by atoms with Crippen LogP contribution in [0.25, 0.3) is 0 Å². The number of nitrogens with one attached hydrogen (secondary N) is 1. The first kappa shape index (κ1) is 18.6. The number of benzene rings is 2. The fourth-order valence-corrected chi connectivity index (χ4v) is 2.31. The summed E-state index contributed by atoms with van der Waals surface area (Å²) in [4.78, 5) is 4.20. The summed E-state index contributed by atoms with van der Waals surface area (Å²) in [6.07, 6.45) is -4.37. The van der Waals surface area contributed by atoms with Crippen molar-refractivity contribution >= 4 is 11.6 Å². The predicted molar refractivity (Wildman–Crippen MR) is 92.9 cm³/mol. The number of nitrogens with two attached hydrogens (primary N) is 1. The average Bonchev–Trinajstić information content (AvgIpc) is 2.50. The largest absolute Gasteiger partial charge is 0.484 e. The smallest absolute Gasteiger partial charge is 0.422 e. The van der Waals surface area contributed by atoms with E-state index in [9.17, 15) is 13.2 Å². The molecule has 0 saturated heterocycles. The maximum absolute atomic E-state index is 12.2. The van der Waals surface area contributed by atoms with Crippen LogP contribution in [0.5, 0.6) is 5.75 Å². The van der Waals surface area contributed by atoms with Crippen LogP contribution in [0.15, 0.2) is 47.5 Å². The van der Waals surface area contributed by atoms with Gasteiger partial charge in [-0.25, -0.2) is 4.99 Å². The maximum Gasteiger partial charge on any atom is 0.422 e. The highest BCUT2D eigenvalue weighted by Gasteiger charge is 2.28. The van der Waals surface area contributed by atoms with Gasteiger partial charge in [0.05, 0.1) is 6.54 Å². The summed E-state index contributed by atoms with van der Waals surface area (Å²) in [5, 5.41) is 3.00. The van der Waals surface area contributed by atoms with Gasteiger partial charge in [-0.1, -0.05) is 18.2 Å². The van der Waals surface area contributed by atoms with Crippen LogP contribution in [0.1, 0.15) is 16.7 Å². The minimum Gasteiger partial charge on any atom is -0.484 e. The van der Waals surface area contributed by atoms with Crippen molar-refractivity contribution < 1.29 is 17.9 Å². The molecule has 2 rings (SSSR count). The molecule has 0 aliphatic rings. The Bertz CT molecular complexity index is 737. The number of ether oxygens (including phenoxy) is 1. The van der Waals surface area contributed by atoms with E-state index in [4.69, 9.17) is 10.5 Å². The Labute approximate surface area is 144 Å². The highest BCUT2D eigenvalue weighted by Crippen LogP contribution is 2.20. The lowest BCUT2D eigenvalue weighted by molar-refractivity contribution is -0.153. The van der Waals surface area contributed by atoms with Crippen LogP contribution in [0.4, 0.5) is 18.9 Å². The second-order valence-electron chi connectivity index (χ2n) is 5.75. The Morgan fingerprint density at radius 3 is 2.44 bits per heavy atom. The topological polar surface area (TPSA) is 59.6 Å². The third-order valence-corrected chi connectivity index (χ3v) is 3.23. The zero-order valence-electron chi connectivity index (χ0n) is 14.0. The molecule has 0 heterocycles. The number of nitrogens with zero attached hydrogens (tertiary/aromatic N) is 1. The molecular weight excluding hydrogens is 331 g/mol. The van der Waals surface area contributed by atoms with Gasteiger partial charge < -0.3 is 15.8 Å². The highest BCUT2D eigenvalue weighted by atomic mass is 19.4. The molecule has 0 aliphatic heterocycles. The van der Waals surface area contributed by atoms with Crippen LogP contribution in [0, 0.1) is 13.8 Å². The van der Waals surface area contributed by atoms with Crippen LogP contribution >= 0.6 is 0 Å². The van der Waals surface area contributed by atoms with Crippen LogP contribution in [0.3, 0.4) is 0 Å². The fourth-order valence-electron chi connectivity index (χ4n) is 2.31. The van der Waals surface area contributed by atoms with Gasteiger partial charge in [-0.2, -0.15) is 13.2 Å². The summed E-state index contributed by atoms with van der Waals surface area (Å²) in [5.74, 6) is 0.373. The first-order valence-corrected chi connectivity index (χ1v) is 7.65. The summed E-state index contributed by atoms with van der Waals surface area (Å²) >= 11 is 0. The Morgan fingerprint density at radius 2 is 1.80 bits per heavy atom. The molecule has 0 saturated carbocycles. The summed E-state index contributed by atoms with van der Waals surface area (Å²) in [6.45, 7) is 2.87. The molecule has 0 radical (unpaired) electrons. The van der Waals surface area contributed by atoms with Crippen molar-refractivity contribution in [3.63, 3.8) is 0 Å². The number of halogens is 3. The van der Waals surface area contributed by atoms with Gasteiger partial charge in [-0.15, -0.1) is 0 Å². The molecule has 25 heavy (non-hydrogen) atoms. The van der Waals surface area contributed by atoms with Gasteiger partial charge in [0.25, 0.3) is 0 Å². The summed E-state index contributed by atoms with van der Waals surface area (Å²) in [7, 11) is 0. The minimum absolute atomic E-state index is 0.144. The molecule has 4 nitrogen and oxygen atoms in total. The molecule has 3 N–H and O–H groups in total. The summed E-state index contributed by atoms with van der Waals surface area (Å²) < 4.78 is 41.3. The minimum atomic E-state index is -4.37. The average molecular weight is 351 g/mol. The van der Waals surface area contributed by atoms with Gasteiger partial charge in [0.15, 0.2) is 12.6 Å². The standard InChI is InChI=1S/C18H20F3N3O/c1-12-6-13(2)8-15(7-12)24-17(22)23-10-14-4-3-5-16(9-14)25-11-18(19,20)21/h3-9H,10-11H2,1-2H3,(H3,22,23,24). The van der Waals surface area contributed by atoms with Crippen molar-refractivity contribution in [3.05, 3.63) is 59.2 Å². The molecule has 0 amide bonds. The van der Waals surface area contributed by atoms with Crippen LogP contribution in [0.2, 0.25) is 0 Å². The van der Waals surface area contributed by atoms with Gasteiger partial charge in [0.2, 0.25) is 0 Å². The van der Waals surface area contributed by atoms with E-state index in [1.165, 1.54) is 12.1 Å². The second kappa shape index (κ2) is 7.92. The quantitative estimate of drug-likeness (QED) is 0.628. The SMILES string of the molecule is Cc1cc(C)cc(NC(N)=NCc2cccc(OCC(F)(F)F)c2)c1. The third kappa shape index (κ3) is 6.74. The number of anilines is 1. The van der Waals surface area contributed by atoms with Crippen LogP contribution in [-0.2, 0) is 6.54 Å². The van der Waals surface area contributed by atoms with E-state index in [1.807, 2.05) is 32.0 Å². The van der Waals surface area contributed by atoms with Crippen molar-refractivity contribution in [2.24, 2.45) is 10.7 Å². The molecule has 0 bridgehead atoms. The molecule has 0 fully saturated rings. The number of aliphatic imine (C=N–C) groups is 1. The van der Waals surface area contributed by atoms with Crippen molar-refractivity contribution in [1.29, 1.82) is 0 Å². The van der Waals surface area contributed by atoms with Gasteiger partial charge in [0.1, 0.15) is 5.75 Å². The van der Waals surface area contributed by atoms with Crippen molar-refractivity contribution in [2.45, 2.75) is 26.6 Å². The van der Waals surface area contributed by atoms with E-state index >= 15 is 0 Å². The molecule has 0 atom stereocenters. The van der Waals surface area contributed by atoms with E-state index in [0.29, 0.717) is 5.56 Å². The van der Waals surface area contributed by atoms with E-state index in [1.54, 1.807) is 12.1 Å². The second-order valence-corrected chi connectivity index (χ2v) is 5.75. The summed E-state index contributed by atoms with van der Waals surface area (Å²) in [6, 6.07) is 12.3. The molecule has 0 unspecified atom stereocenters. The highest BCUT2D eigenvalue weighted by molar-refractivity contribution is 5.92. The van der Waals surface area contributed by atoms with Crippen molar-refractivity contribution in [1.82, 2.24) is 0 Å². The molecule has 2 aromatic rings. The maximum atomic E-state index is 12.2. The van der Waals surface area contributed by atoms with E-state index < -0.39 is 12.8 Å². The first-order valence-electron chi connectivity index (χ1n) is 7.65. The Kier molecular flexibility index (Phi) is 5.90. The number of hydrogen-bond acceptors (Lipinski definition) is 2. The van der Waals surface area contributed by atoms with Gasteiger partial charge >= 0.3 is 6.18 Å². The number of aryl methyl sites for hydroxylation is 2. The monoisotopic (exact) mass is 351 g/mol. The van der Waals surface area contributed by atoms with Crippen molar-refractivity contribution in [2.75, 3.05) is 11.9 Å². The Hall–Kier alpha value is -2.70. The molecule has 7 heteroatoms. The number of guanidine groups is 1.